The van der Waals surface area contributed by atoms with Crippen molar-refractivity contribution in [3.63, 3.8) is 0 Å². The van der Waals surface area contributed by atoms with E-state index in [9.17, 15) is 14.4 Å². The van der Waals surface area contributed by atoms with Crippen LogP contribution in [0.5, 0.6) is 0 Å². The van der Waals surface area contributed by atoms with Gasteiger partial charge in [-0.1, -0.05) is 13.0 Å². The maximum atomic E-state index is 14.2. The minimum atomic E-state index is -0.636. The summed E-state index contributed by atoms with van der Waals surface area (Å²) in [6, 6.07) is 6.98. The Hall–Kier alpha value is -3.96. The van der Waals surface area contributed by atoms with E-state index < -0.39 is 6.04 Å². The van der Waals surface area contributed by atoms with Crippen LogP contribution >= 0.6 is 15.9 Å². The summed E-state index contributed by atoms with van der Waals surface area (Å²) in [7, 11) is 1.59. The molecular weight excluding hydrogens is 624 g/mol. The van der Waals surface area contributed by atoms with Crippen LogP contribution in [0.1, 0.15) is 60.4 Å². The molecule has 44 heavy (non-hydrogen) atoms. The van der Waals surface area contributed by atoms with Crippen LogP contribution in [-0.4, -0.2) is 61.2 Å². The Labute approximate surface area is 264 Å². The van der Waals surface area contributed by atoms with E-state index in [1.807, 2.05) is 36.6 Å². The fraction of sp³-hybridized carbons (Fsp3) is 0.394. The van der Waals surface area contributed by atoms with Gasteiger partial charge in [-0.3, -0.25) is 14.4 Å². The molecule has 4 heterocycles. The molecule has 0 unspecified atom stereocenters. The molecule has 1 aliphatic heterocycles. The number of aromatic nitrogens is 4. The number of amides is 2. The van der Waals surface area contributed by atoms with Crippen LogP contribution in [0.25, 0.3) is 22.0 Å². The summed E-state index contributed by atoms with van der Waals surface area (Å²) < 4.78 is 7.74. The topological polar surface area (TPSA) is 119 Å². The molecule has 0 radical (unpaired) electrons. The largest absolute Gasteiger partial charge is 0.380 e. The molecule has 1 N–H and O–H groups in total. The van der Waals surface area contributed by atoms with E-state index in [4.69, 9.17) is 4.74 Å². The van der Waals surface area contributed by atoms with Gasteiger partial charge in [0, 0.05) is 53.8 Å². The number of rotatable bonds is 8. The number of piperidine rings is 1. The van der Waals surface area contributed by atoms with Crippen LogP contribution in [0.3, 0.4) is 0 Å². The zero-order chi connectivity index (χ0) is 31.3. The van der Waals surface area contributed by atoms with Crippen molar-refractivity contribution in [3.8, 4) is 11.1 Å². The summed E-state index contributed by atoms with van der Waals surface area (Å²) in [6.45, 7) is 7.83. The summed E-state index contributed by atoms with van der Waals surface area (Å²) in [5.41, 5.74) is 4.79. The van der Waals surface area contributed by atoms with E-state index in [2.05, 4.69) is 43.1 Å². The van der Waals surface area contributed by atoms with Crippen molar-refractivity contribution in [1.29, 1.82) is 0 Å². The van der Waals surface area contributed by atoms with Crippen molar-refractivity contribution in [1.82, 2.24) is 24.4 Å². The van der Waals surface area contributed by atoms with Gasteiger partial charge in [0.2, 0.25) is 11.8 Å². The third-order valence-electron chi connectivity index (χ3n) is 9.00. The quantitative estimate of drug-likeness (QED) is 0.192. The van der Waals surface area contributed by atoms with Crippen LogP contribution in [0.2, 0.25) is 0 Å². The van der Waals surface area contributed by atoms with Crippen LogP contribution in [0, 0.1) is 19.3 Å². The first kappa shape index (κ1) is 30.1. The molecule has 2 amide bonds. The molecule has 10 nitrogen and oxygen atoms in total. The fourth-order valence-corrected chi connectivity index (χ4v) is 6.86. The average molecular weight is 660 g/mol. The maximum absolute atomic E-state index is 14.2. The van der Waals surface area contributed by atoms with Gasteiger partial charge < -0.3 is 19.5 Å². The summed E-state index contributed by atoms with van der Waals surface area (Å²) >= 11 is 3.39. The molecule has 0 spiro atoms. The lowest BCUT2D eigenvalue weighted by Gasteiger charge is -2.37. The number of carbonyl (C=O) groups excluding carboxylic acids is 3. The number of methoxy groups -OCH3 is 1. The van der Waals surface area contributed by atoms with Gasteiger partial charge in [0.15, 0.2) is 5.78 Å². The Morgan fingerprint density at radius 1 is 1.14 bits per heavy atom. The van der Waals surface area contributed by atoms with Crippen molar-refractivity contribution < 1.29 is 19.1 Å². The van der Waals surface area contributed by atoms with Crippen LogP contribution in [-0.2, 0) is 27.5 Å². The van der Waals surface area contributed by atoms with Crippen LogP contribution < -0.4 is 5.32 Å². The minimum absolute atomic E-state index is 0.00586. The monoisotopic (exact) mass is 658 g/mol. The van der Waals surface area contributed by atoms with Gasteiger partial charge >= 0.3 is 0 Å². The van der Waals surface area contributed by atoms with Crippen LogP contribution in [0.4, 0.5) is 5.82 Å². The lowest BCUT2D eigenvalue weighted by Crippen LogP contribution is -2.53. The molecule has 0 bridgehead atoms. The number of nitrogens with one attached hydrogen (secondary N) is 1. The molecule has 1 aromatic carbocycles. The number of Topliss-reactive ketones (excluding diaryl/α,β-unsaturated/α-hetero) is 1. The normalized spacial score (nSPS) is 20.8. The number of likely N-dealkylation sites (tertiary alicyclic amines) is 1. The average Bonchev–Trinajstić information content (AvgIpc) is 3.54. The second kappa shape index (κ2) is 11.5. The number of pyridine rings is 1. The Kier molecular flexibility index (Phi) is 7.87. The molecule has 3 aromatic heterocycles. The first-order chi connectivity index (χ1) is 21.0. The molecule has 3 atom stereocenters. The number of halogens is 1. The molecule has 4 aromatic rings. The molecular formula is C33H35BrN6O4. The van der Waals surface area contributed by atoms with Gasteiger partial charge in [-0.2, -0.15) is 0 Å². The molecule has 2 aliphatic rings. The number of aryl methyl sites for hydroxylation is 2. The van der Waals surface area contributed by atoms with Crippen molar-refractivity contribution in [2.45, 2.75) is 72.2 Å². The third-order valence-corrected chi connectivity index (χ3v) is 9.44. The Morgan fingerprint density at radius 2 is 1.89 bits per heavy atom. The molecule has 6 rings (SSSR count). The predicted octanol–water partition coefficient (Wildman–Crippen LogP) is 5.63. The number of ether oxygens (including phenoxy) is 1. The SMILES string of the molecule is COCc1ccc(Br)nc1NC(=O)[C@@H]1CC[C@@]2(C)C[C@H]2N1C(=O)Cn1cc(C(C)=O)c2cc(-c3cnc(C)nc3)cc(C)c21. The zero-order valence-electron chi connectivity index (χ0n) is 25.5. The van der Waals surface area contributed by atoms with E-state index in [1.54, 1.807) is 36.7 Å². The first-order valence-corrected chi connectivity index (χ1v) is 15.5. The van der Waals surface area contributed by atoms with E-state index in [0.717, 1.165) is 46.0 Å². The van der Waals surface area contributed by atoms with Gasteiger partial charge in [-0.25, -0.2) is 15.0 Å². The smallest absolute Gasteiger partial charge is 0.248 e. The zero-order valence-corrected chi connectivity index (χ0v) is 27.1. The van der Waals surface area contributed by atoms with Gasteiger partial charge in [0.05, 0.1) is 12.1 Å². The summed E-state index contributed by atoms with van der Waals surface area (Å²) in [5.74, 6) is 0.589. The number of carbonyl (C=O) groups is 3. The predicted molar refractivity (Wildman–Crippen MR) is 170 cm³/mol. The maximum Gasteiger partial charge on any atom is 0.248 e. The number of hydrogen-bond donors (Lipinski definition) is 1. The number of ketones is 1. The van der Waals surface area contributed by atoms with Crippen molar-refractivity contribution in [2.24, 2.45) is 5.41 Å². The lowest BCUT2D eigenvalue weighted by atomic mass is 9.92. The highest BCUT2D eigenvalue weighted by Crippen LogP contribution is 2.57. The molecule has 1 saturated heterocycles. The van der Waals surface area contributed by atoms with Crippen LogP contribution in [0.15, 0.2) is 47.5 Å². The Morgan fingerprint density at radius 3 is 2.59 bits per heavy atom. The number of anilines is 1. The van der Waals surface area contributed by atoms with E-state index >= 15 is 0 Å². The molecule has 11 heteroatoms. The number of fused-ring (bicyclic) bond motifs is 2. The second-order valence-corrected chi connectivity index (χ2v) is 13.0. The van der Waals surface area contributed by atoms with Crippen molar-refractivity contribution in [2.75, 3.05) is 12.4 Å². The molecule has 1 saturated carbocycles. The van der Waals surface area contributed by atoms with Gasteiger partial charge in [-0.05, 0) is 90.7 Å². The Balaban J connectivity index is 1.32. The number of benzene rings is 1. The third kappa shape index (κ3) is 5.54. The Bertz CT molecular complexity index is 1800. The number of nitrogens with zero attached hydrogens (tertiary/aromatic N) is 5. The summed E-state index contributed by atoms with van der Waals surface area (Å²) in [6.07, 6.45) is 7.59. The highest BCUT2D eigenvalue weighted by atomic mass is 79.9. The van der Waals surface area contributed by atoms with Crippen molar-refractivity contribution in [3.05, 3.63) is 70.0 Å². The highest BCUT2D eigenvalue weighted by molar-refractivity contribution is 9.10. The molecule has 1 aliphatic carbocycles. The molecule has 2 fully saturated rings. The van der Waals surface area contributed by atoms with Crippen molar-refractivity contribution >= 4 is 50.2 Å². The fourth-order valence-electron chi connectivity index (χ4n) is 6.55. The van der Waals surface area contributed by atoms with E-state index in [0.29, 0.717) is 34.8 Å². The lowest BCUT2D eigenvalue weighted by molar-refractivity contribution is -0.142. The van der Waals surface area contributed by atoms with Gasteiger partial charge in [0.1, 0.15) is 28.8 Å². The van der Waals surface area contributed by atoms with Gasteiger partial charge in [0.25, 0.3) is 0 Å². The summed E-state index contributed by atoms with van der Waals surface area (Å²) in [5, 5.41) is 3.75. The first-order valence-electron chi connectivity index (χ1n) is 14.7. The minimum Gasteiger partial charge on any atom is -0.380 e. The standard InChI is InChI=1S/C33H35BrN6O4/c1-18-10-22(23-13-35-20(3)36-14-23)11-24-25(19(2)41)15-39(30(18)24)16-29(42)40-26(8-9-33(4)12-27(33)40)32(43)38-31-21(17-44-5)6-7-28(34)37-31/h6-7,10-11,13-15,26-27H,8-9,12,16-17H2,1-5H3,(H,37,38,43)/t26-,27+,33-/m0/s1. The van der Waals surface area contributed by atoms with E-state index in [-0.39, 0.29) is 35.6 Å². The highest BCUT2D eigenvalue weighted by Gasteiger charge is 2.60. The summed E-state index contributed by atoms with van der Waals surface area (Å²) in [4.78, 5) is 55.6. The number of hydrogen-bond acceptors (Lipinski definition) is 7. The van der Waals surface area contributed by atoms with Gasteiger partial charge in [-0.15, -0.1) is 0 Å². The second-order valence-electron chi connectivity index (χ2n) is 12.2. The molecule has 228 valence electrons. The van der Waals surface area contributed by atoms with E-state index in [1.165, 1.54) is 6.92 Å².